The van der Waals surface area contributed by atoms with Crippen LogP contribution in [-0.4, -0.2) is 61.2 Å². The molecule has 0 bridgehead atoms. The average molecular weight is 299 g/mol. The summed E-state index contributed by atoms with van der Waals surface area (Å²) in [7, 11) is 0. The summed E-state index contributed by atoms with van der Waals surface area (Å²) >= 11 is 0. The smallest absolute Gasteiger partial charge is 0.303 e. The molecule has 0 aromatic carbocycles. The maximum Gasteiger partial charge on any atom is 0.303 e. The van der Waals surface area contributed by atoms with Crippen LogP contribution in [-0.2, 0) is 9.59 Å². The first-order chi connectivity index (χ1) is 10.1. The Labute approximate surface area is 127 Å². The summed E-state index contributed by atoms with van der Waals surface area (Å²) in [5.41, 5.74) is 0. The number of rotatable bonds is 10. The molecule has 1 fully saturated rings. The van der Waals surface area contributed by atoms with Gasteiger partial charge in [0.25, 0.3) is 0 Å². The van der Waals surface area contributed by atoms with E-state index in [1.807, 2.05) is 0 Å². The lowest BCUT2D eigenvalue weighted by Crippen LogP contribution is -2.47. The van der Waals surface area contributed by atoms with E-state index >= 15 is 0 Å². The molecule has 6 heteroatoms. The van der Waals surface area contributed by atoms with Crippen LogP contribution in [0.1, 0.15) is 39.0 Å². The zero-order valence-corrected chi connectivity index (χ0v) is 13.1. The summed E-state index contributed by atoms with van der Waals surface area (Å²) < 4.78 is 0. The minimum atomic E-state index is -0.737. The van der Waals surface area contributed by atoms with Gasteiger partial charge < -0.3 is 15.7 Å². The zero-order chi connectivity index (χ0) is 15.5. The Balaban J connectivity index is 2.16. The molecule has 1 heterocycles. The van der Waals surface area contributed by atoms with E-state index in [0.29, 0.717) is 25.4 Å². The van der Waals surface area contributed by atoms with Gasteiger partial charge in [0.2, 0.25) is 5.91 Å². The van der Waals surface area contributed by atoms with Crippen molar-refractivity contribution in [3.8, 4) is 0 Å². The van der Waals surface area contributed by atoms with Gasteiger partial charge in [0.1, 0.15) is 0 Å². The van der Waals surface area contributed by atoms with Crippen LogP contribution >= 0.6 is 0 Å². The second-order valence-corrected chi connectivity index (χ2v) is 5.75. The molecule has 0 saturated carbocycles. The lowest BCUT2D eigenvalue weighted by molar-refractivity contribution is -0.137. The number of carbonyl (C=O) groups is 2. The van der Waals surface area contributed by atoms with E-state index in [9.17, 15) is 9.59 Å². The molecule has 1 aliphatic heterocycles. The van der Waals surface area contributed by atoms with Crippen LogP contribution in [0, 0.1) is 5.92 Å². The molecule has 0 spiro atoms. The predicted octanol–water partition coefficient (Wildman–Crippen LogP) is 0.679. The van der Waals surface area contributed by atoms with Gasteiger partial charge in [0.15, 0.2) is 0 Å². The average Bonchev–Trinajstić information content (AvgIpc) is 2.45. The summed E-state index contributed by atoms with van der Waals surface area (Å²) in [6, 6.07) is 0. The van der Waals surface area contributed by atoms with Crippen LogP contribution in [0.4, 0.5) is 0 Å². The zero-order valence-electron chi connectivity index (χ0n) is 13.1. The third-order valence-corrected chi connectivity index (χ3v) is 3.91. The number of nitrogens with one attached hydrogen (secondary N) is 2. The van der Waals surface area contributed by atoms with Crippen LogP contribution in [0.15, 0.2) is 0 Å². The minimum Gasteiger partial charge on any atom is -0.481 e. The number of carboxylic acids is 1. The van der Waals surface area contributed by atoms with E-state index < -0.39 is 5.97 Å². The molecule has 0 aromatic heterocycles. The highest BCUT2D eigenvalue weighted by Crippen LogP contribution is 2.17. The lowest BCUT2D eigenvalue weighted by atomic mass is 9.94. The highest BCUT2D eigenvalue weighted by Gasteiger charge is 2.14. The molecule has 6 nitrogen and oxygen atoms in total. The Morgan fingerprint density at radius 1 is 1.24 bits per heavy atom. The number of hydrogen-bond acceptors (Lipinski definition) is 4. The maximum absolute atomic E-state index is 11.8. The van der Waals surface area contributed by atoms with E-state index in [0.717, 1.165) is 45.4 Å². The molecule has 21 heavy (non-hydrogen) atoms. The van der Waals surface area contributed by atoms with Crippen LogP contribution < -0.4 is 10.6 Å². The molecule has 0 radical (unpaired) electrons. The molecule has 3 N–H and O–H groups in total. The molecule has 0 aliphatic carbocycles. The summed E-state index contributed by atoms with van der Waals surface area (Å²) in [6.45, 7) is 6.96. The van der Waals surface area contributed by atoms with Crippen molar-refractivity contribution in [2.45, 2.75) is 39.0 Å². The van der Waals surface area contributed by atoms with Gasteiger partial charge in [0.05, 0.1) is 6.54 Å². The molecule has 1 saturated heterocycles. The van der Waals surface area contributed by atoms with Gasteiger partial charge in [-0.25, -0.2) is 0 Å². The highest BCUT2D eigenvalue weighted by atomic mass is 16.4. The highest BCUT2D eigenvalue weighted by molar-refractivity contribution is 5.78. The Morgan fingerprint density at radius 2 is 1.95 bits per heavy atom. The standard InChI is InChI=1S/C15H29N3O3/c1-2-3-13(4-5-15(20)21)6-7-17-14(19)12-18-10-8-16-9-11-18/h13,16H,2-12H2,1H3,(H,17,19)(H,20,21). The maximum atomic E-state index is 11.8. The molecule has 1 rings (SSSR count). The fourth-order valence-electron chi connectivity index (χ4n) is 2.71. The fraction of sp³-hybridized carbons (Fsp3) is 0.867. The van der Waals surface area contributed by atoms with E-state index in [1.165, 1.54) is 0 Å². The van der Waals surface area contributed by atoms with Gasteiger partial charge in [-0.3, -0.25) is 14.5 Å². The van der Waals surface area contributed by atoms with E-state index in [2.05, 4.69) is 22.5 Å². The van der Waals surface area contributed by atoms with Crippen molar-refractivity contribution in [3.63, 3.8) is 0 Å². The topological polar surface area (TPSA) is 81.7 Å². The Kier molecular flexibility index (Phi) is 9.01. The van der Waals surface area contributed by atoms with Gasteiger partial charge >= 0.3 is 5.97 Å². The second-order valence-electron chi connectivity index (χ2n) is 5.75. The minimum absolute atomic E-state index is 0.0744. The van der Waals surface area contributed by atoms with Gasteiger partial charge in [0, 0.05) is 39.1 Å². The van der Waals surface area contributed by atoms with Gasteiger partial charge in [-0.15, -0.1) is 0 Å². The van der Waals surface area contributed by atoms with Crippen LogP contribution in [0.2, 0.25) is 0 Å². The molecular formula is C15H29N3O3. The first-order valence-corrected chi connectivity index (χ1v) is 8.03. The normalized spacial score (nSPS) is 17.4. The van der Waals surface area contributed by atoms with Crippen LogP contribution in [0.25, 0.3) is 0 Å². The fourth-order valence-corrected chi connectivity index (χ4v) is 2.71. The SMILES string of the molecule is CCCC(CCNC(=O)CN1CCNCC1)CCC(=O)O. The monoisotopic (exact) mass is 299 g/mol. The Hall–Kier alpha value is -1.14. The first kappa shape index (κ1) is 17.9. The summed E-state index contributed by atoms with van der Waals surface area (Å²) in [5.74, 6) is -0.269. The van der Waals surface area contributed by atoms with Crippen molar-refractivity contribution in [2.75, 3.05) is 39.3 Å². The number of piperazine rings is 1. The molecular weight excluding hydrogens is 270 g/mol. The van der Waals surface area contributed by atoms with Crippen molar-refractivity contribution in [3.05, 3.63) is 0 Å². The summed E-state index contributed by atoms with van der Waals surface area (Å²) in [5, 5.41) is 15.0. The number of amides is 1. The van der Waals surface area contributed by atoms with Crippen LogP contribution in [0.3, 0.4) is 0 Å². The van der Waals surface area contributed by atoms with Crippen molar-refractivity contribution >= 4 is 11.9 Å². The Bertz CT molecular complexity index is 317. The molecule has 1 atom stereocenters. The van der Waals surface area contributed by atoms with Crippen molar-refractivity contribution in [1.82, 2.24) is 15.5 Å². The molecule has 1 amide bonds. The van der Waals surface area contributed by atoms with Crippen molar-refractivity contribution < 1.29 is 14.7 Å². The Morgan fingerprint density at radius 3 is 2.57 bits per heavy atom. The largest absolute Gasteiger partial charge is 0.481 e. The number of aliphatic carboxylic acids is 1. The van der Waals surface area contributed by atoms with Crippen molar-refractivity contribution in [2.24, 2.45) is 5.92 Å². The molecule has 1 aliphatic rings. The second kappa shape index (κ2) is 10.6. The number of carbonyl (C=O) groups excluding carboxylic acids is 1. The molecule has 1 unspecified atom stereocenters. The quantitative estimate of drug-likeness (QED) is 0.552. The van der Waals surface area contributed by atoms with E-state index in [-0.39, 0.29) is 12.3 Å². The predicted molar refractivity (Wildman–Crippen MR) is 82.2 cm³/mol. The molecule has 122 valence electrons. The third kappa shape index (κ3) is 8.67. The summed E-state index contributed by atoms with van der Waals surface area (Å²) in [6.07, 6.45) is 3.88. The molecule has 0 aromatic rings. The van der Waals surface area contributed by atoms with Crippen LogP contribution in [0.5, 0.6) is 0 Å². The summed E-state index contributed by atoms with van der Waals surface area (Å²) in [4.78, 5) is 24.6. The number of carboxylic acid groups (broad SMARTS) is 1. The third-order valence-electron chi connectivity index (χ3n) is 3.91. The van der Waals surface area contributed by atoms with Gasteiger partial charge in [-0.1, -0.05) is 19.8 Å². The number of nitrogens with zero attached hydrogens (tertiary/aromatic N) is 1. The van der Waals surface area contributed by atoms with Gasteiger partial charge in [-0.05, 0) is 18.8 Å². The number of hydrogen-bond donors (Lipinski definition) is 3. The van der Waals surface area contributed by atoms with Crippen molar-refractivity contribution in [1.29, 1.82) is 0 Å². The van der Waals surface area contributed by atoms with E-state index in [1.54, 1.807) is 0 Å². The van der Waals surface area contributed by atoms with Gasteiger partial charge in [-0.2, -0.15) is 0 Å². The lowest BCUT2D eigenvalue weighted by Gasteiger charge is -2.26. The first-order valence-electron chi connectivity index (χ1n) is 8.03. The van der Waals surface area contributed by atoms with E-state index in [4.69, 9.17) is 5.11 Å².